The van der Waals surface area contributed by atoms with Crippen molar-refractivity contribution in [1.82, 2.24) is 5.48 Å². The smallest absolute Gasteiger partial charge is 0.0654 e. The monoisotopic (exact) mass is 185 g/mol. The first kappa shape index (κ1) is 9.71. The molecule has 1 unspecified atom stereocenters. The summed E-state index contributed by atoms with van der Waals surface area (Å²) in [5.41, 5.74) is 4.32. The highest BCUT2D eigenvalue weighted by Crippen LogP contribution is 2.22. The maximum absolute atomic E-state index is 5.13. The Morgan fingerprint density at radius 2 is 2.42 bits per heavy atom. The Morgan fingerprint density at radius 3 is 2.92 bits per heavy atom. The average molecular weight is 185 g/mol. The Kier molecular flexibility index (Phi) is 3.72. The summed E-state index contributed by atoms with van der Waals surface area (Å²) < 4.78 is 0. The van der Waals surface area contributed by atoms with Crippen molar-refractivity contribution in [1.29, 1.82) is 0 Å². The highest BCUT2D eigenvalue weighted by molar-refractivity contribution is 7.10. The van der Waals surface area contributed by atoms with Gasteiger partial charge in [0.25, 0.3) is 0 Å². The molecule has 0 aliphatic heterocycles. The summed E-state index contributed by atoms with van der Waals surface area (Å²) in [6.45, 7) is 6.90. The Morgan fingerprint density at radius 1 is 1.67 bits per heavy atom. The van der Waals surface area contributed by atoms with Gasteiger partial charge in [0.15, 0.2) is 0 Å². The SMILES string of the molecule is CCONC(C)c1sccc1C. The van der Waals surface area contributed by atoms with Gasteiger partial charge in [-0.25, -0.2) is 0 Å². The first-order valence-corrected chi connectivity index (χ1v) is 5.05. The van der Waals surface area contributed by atoms with E-state index in [2.05, 4.69) is 30.8 Å². The average Bonchev–Trinajstić information content (AvgIpc) is 2.47. The van der Waals surface area contributed by atoms with E-state index in [0.29, 0.717) is 12.6 Å². The van der Waals surface area contributed by atoms with E-state index in [1.54, 1.807) is 11.3 Å². The van der Waals surface area contributed by atoms with Gasteiger partial charge in [-0.05, 0) is 37.8 Å². The summed E-state index contributed by atoms with van der Waals surface area (Å²) in [6.07, 6.45) is 0. The van der Waals surface area contributed by atoms with Crippen molar-refractivity contribution in [3.05, 3.63) is 21.9 Å². The van der Waals surface area contributed by atoms with E-state index in [-0.39, 0.29) is 0 Å². The number of hydrogen-bond donors (Lipinski definition) is 1. The molecule has 12 heavy (non-hydrogen) atoms. The zero-order valence-corrected chi connectivity index (χ0v) is 8.57. The number of hydrogen-bond acceptors (Lipinski definition) is 3. The van der Waals surface area contributed by atoms with Crippen LogP contribution in [0.2, 0.25) is 0 Å². The van der Waals surface area contributed by atoms with Crippen LogP contribution < -0.4 is 5.48 Å². The van der Waals surface area contributed by atoms with Gasteiger partial charge in [-0.1, -0.05) is 0 Å². The van der Waals surface area contributed by atoms with Crippen molar-refractivity contribution in [2.24, 2.45) is 0 Å². The lowest BCUT2D eigenvalue weighted by atomic mass is 10.2. The van der Waals surface area contributed by atoms with Crippen LogP contribution in [-0.2, 0) is 4.84 Å². The molecule has 0 saturated heterocycles. The molecule has 68 valence electrons. The predicted octanol–water partition coefficient (Wildman–Crippen LogP) is 2.66. The summed E-state index contributed by atoms with van der Waals surface area (Å²) in [5, 5.41) is 2.11. The van der Waals surface area contributed by atoms with Gasteiger partial charge in [0.2, 0.25) is 0 Å². The minimum Gasteiger partial charge on any atom is -0.301 e. The van der Waals surface area contributed by atoms with E-state index in [0.717, 1.165) is 0 Å². The van der Waals surface area contributed by atoms with Crippen LogP contribution in [0.15, 0.2) is 11.4 Å². The lowest BCUT2D eigenvalue weighted by molar-refractivity contribution is 0.0291. The molecule has 1 atom stereocenters. The number of hydroxylamine groups is 1. The first-order valence-electron chi connectivity index (χ1n) is 4.17. The summed E-state index contributed by atoms with van der Waals surface area (Å²) in [4.78, 5) is 6.48. The minimum absolute atomic E-state index is 0.296. The van der Waals surface area contributed by atoms with Gasteiger partial charge in [-0.3, -0.25) is 0 Å². The molecule has 0 bridgehead atoms. The Bertz CT molecular complexity index is 234. The van der Waals surface area contributed by atoms with Gasteiger partial charge in [-0.2, -0.15) is 5.48 Å². The van der Waals surface area contributed by atoms with E-state index in [1.165, 1.54) is 10.4 Å². The molecule has 1 aromatic heterocycles. The highest BCUT2D eigenvalue weighted by Gasteiger charge is 2.08. The van der Waals surface area contributed by atoms with Crippen LogP contribution in [0.1, 0.15) is 30.3 Å². The molecule has 1 heterocycles. The van der Waals surface area contributed by atoms with E-state index in [1.807, 2.05) is 6.92 Å². The molecule has 0 aromatic carbocycles. The van der Waals surface area contributed by atoms with Crippen LogP contribution >= 0.6 is 11.3 Å². The number of aryl methyl sites for hydroxylation is 1. The Balaban J connectivity index is 2.52. The lowest BCUT2D eigenvalue weighted by Crippen LogP contribution is -2.18. The zero-order chi connectivity index (χ0) is 8.97. The molecule has 0 amide bonds. The standard InChI is InChI=1S/C9H15NOS/c1-4-11-10-8(3)9-7(2)5-6-12-9/h5-6,8,10H,4H2,1-3H3. The number of nitrogens with one attached hydrogen (secondary N) is 1. The quantitative estimate of drug-likeness (QED) is 0.728. The van der Waals surface area contributed by atoms with Crippen LogP contribution in [0, 0.1) is 6.92 Å². The second-order valence-electron chi connectivity index (χ2n) is 2.74. The van der Waals surface area contributed by atoms with Crippen molar-refractivity contribution < 1.29 is 4.84 Å². The fourth-order valence-corrected chi connectivity index (χ4v) is 2.01. The van der Waals surface area contributed by atoms with Crippen molar-refractivity contribution in [2.75, 3.05) is 6.61 Å². The van der Waals surface area contributed by atoms with E-state index in [9.17, 15) is 0 Å². The molecular weight excluding hydrogens is 170 g/mol. The van der Waals surface area contributed by atoms with E-state index >= 15 is 0 Å². The van der Waals surface area contributed by atoms with Crippen molar-refractivity contribution in [2.45, 2.75) is 26.8 Å². The van der Waals surface area contributed by atoms with Crippen molar-refractivity contribution >= 4 is 11.3 Å². The molecule has 1 rings (SSSR count). The van der Waals surface area contributed by atoms with E-state index < -0.39 is 0 Å². The third kappa shape index (κ3) is 2.30. The van der Waals surface area contributed by atoms with Crippen LogP contribution in [0.4, 0.5) is 0 Å². The number of rotatable bonds is 4. The summed E-state index contributed by atoms with van der Waals surface area (Å²) >= 11 is 1.77. The normalized spacial score (nSPS) is 13.2. The molecule has 0 fully saturated rings. The van der Waals surface area contributed by atoms with Gasteiger partial charge in [0.1, 0.15) is 0 Å². The van der Waals surface area contributed by atoms with Crippen LogP contribution in [-0.4, -0.2) is 6.61 Å². The largest absolute Gasteiger partial charge is 0.301 e. The topological polar surface area (TPSA) is 21.3 Å². The second kappa shape index (κ2) is 4.60. The molecule has 0 aliphatic rings. The third-order valence-electron chi connectivity index (χ3n) is 1.70. The molecule has 1 aromatic rings. The van der Waals surface area contributed by atoms with Gasteiger partial charge in [0.05, 0.1) is 12.6 Å². The minimum atomic E-state index is 0.296. The molecule has 2 nitrogen and oxygen atoms in total. The fourth-order valence-electron chi connectivity index (χ4n) is 1.09. The van der Waals surface area contributed by atoms with Crippen molar-refractivity contribution in [3.63, 3.8) is 0 Å². The summed E-state index contributed by atoms with van der Waals surface area (Å²) in [7, 11) is 0. The lowest BCUT2D eigenvalue weighted by Gasteiger charge is -2.11. The van der Waals surface area contributed by atoms with E-state index in [4.69, 9.17) is 4.84 Å². The molecule has 3 heteroatoms. The first-order chi connectivity index (χ1) is 5.75. The van der Waals surface area contributed by atoms with Gasteiger partial charge in [-0.15, -0.1) is 11.3 Å². The molecule has 0 spiro atoms. The summed E-state index contributed by atoms with van der Waals surface area (Å²) in [6, 6.07) is 2.43. The zero-order valence-electron chi connectivity index (χ0n) is 7.76. The maximum Gasteiger partial charge on any atom is 0.0654 e. The molecule has 0 saturated carbocycles. The molecule has 0 aliphatic carbocycles. The third-order valence-corrected chi connectivity index (χ3v) is 2.90. The van der Waals surface area contributed by atoms with Gasteiger partial charge < -0.3 is 4.84 Å². The number of thiophene rings is 1. The van der Waals surface area contributed by atoms with Gasteiger partial charge in [0, 0.05) is 4.88 Å². The van der Waals surface area contributed by atoms with Crippen LogP contribution in [0.25, 0.3) is 0 Å². The summed E-state index contributed by atoms with van der Waals surface area (Å²) in [5.74, 6) is 0. The Labute approximate surface area is 77.5 Å². The Hall–Kier alpha value is -0.380. The molecule has 0 radical (unpaired) electrons. The van der Waals surface area contributed by atoms with Crippen LogP contribution in [0.3, 0.4) is 0 Å². The maximum atomic E-state index is 5.13. The second-order valence-corrected chi connectivity index (χ2v) is 3.69. The highest BCUT2D eigenvalue weighted by atomic mass is 32.1. The van der Waals surface area contributed by atoms with Crippen LogP contribution in [0.5, 0.6) is 0 Å². The predicted molar refractivity (Wildman–Crippen MR) is 52.2 cm³/mol. The fraction of sp³-hybridized carbons (Fsp3) is 0.556. The van der Waals surface area contributed by atoms with Gasteiger partial charge >= 0.3 is 0 Å². The molecular formula is C9H15NOS. The molecule has 1 N–H and O–H groups in total. The van der Waals surface area contributed by atoms with Crippen molar-refractivity contribution in [3.8, 4) is 0 Å².